The van der Waals surface area contributed by atoms with E-state index < -0.39 is 0 Å². The molecule has 1 amide bonds. The van der Waals surface area contributed by atoms with Gasteiger partial charge in [-0.15, -0.1) is 0 Å². The maximum Gasteiger partial charge on any atom is 0.258 e. The quantitative estimate of drug-likeness (QED) is 0.881. The highest BCUT2D eigenvalue weighted by molar-refractivity contribution is 5.96. The Kier molecular flexibility index (Phi) is 3.32. The van der Waals surface area contributed by atoms with Crippen LogP contribution >= 0.6 is 0 Å². The first kappa shape index (κ1) is 14.4. The van der Waals surface area contributed by atoms with Gasteiger partial charge < -0.3 is 10.4 Å². The number of rotatable bonds is 2. The molecule has 0 bridgehead atoms. The lowest BCUT2D eigenvalue weighted by molar-refractivity contribution is -0.118. The number of amides is 1. The Balaban J connectivity index is 2.00. The summed E-state index contributed by atoms with van der Waals surface area (Å²) in [4.78, 5) is 14.1. The van der Waals surface area contributed by atoms with Gasteiger partial charge in [0.2, 0.25) is 5.88 Å². The van der Waals surface area contributed by atoms with E-state index in [0.29, 0.717) is 17.8 Å². The summed E-state index contributed by atoms with van der Waals surface area (Å²) in [6.45, 7) is 6.06. The minimum atomic E-state index is -0.241. The van der Waals surface area contributed by atoms with Gasteiger partial charge in [0.15, 0.2) is 0 Å². The molecule has 2 heterocycles. The predicted molar refractivity (Wildman–Crippen MR) is 85.4 cm³/mol. The number of aliphatic hydroxyl groups excluding tert-OH is 1. The fourth-order valence-corrected chi connectivity index (χ4v) is 3.01. The Bertz CT molecular complexity index is 712. The van der Waals surface area contributed by atoms with Crippen LogP contribution in [0.2, 0.25) is 0 Å². The van der Waals surface area contributed by atoms with Crippen molar-refractivity contribution in [3.05, 3.63) is 71.0 Å². The molecule has 1 aromatic rings. The van der Waals surface area contributed by atoms with Crippen molar-refractivity contribution in [3.63, 3.8) is 0 Å². The molecule has 0 fully saturated rings. The molecule has 3 rings (SSSR count). The van der Waals surface area contributed by atoms with Crippen molar-refractivity contribution in [1.82, 2.24) is 10.2 Å². The molecule has 0 aromatic heterocycles. The molecule has 2 aliphatic heterocycles. The van der Waals surface area contributed by atoms with Crippen LogP contribution in [-0.2, 0) is 11.2 Å². The van der Waals surface area contributed by atoms with Crippen LogP contribution < -0.4 is 5.32 Å². The van der Waals surface area contributed by atoms with Crippen LogP contribution in [0.25, 0.3) is 0 Å². The SMILES string of the molecule is CC1=CC(C)(C)C=C2NC(=O)C(Cc3ccccc3)=C(O)N12. The van der Waals surface area contributed by atoms with Crippen molar-refractivity contribution < 1.29 is 9.90 Å². The van der Waals surface area contributed by atoms with Crippen molar-refractivity contribution >= 4 is 5.91 Å². The third kappa shape index (κ3) is 2.52. The molecular weight excluding hydrogens is 276 g/mol. The highest BCUT2D eigenvalue weighted by atomic mass is 16.3. The van der Waals surface area contributed by atoms with E-state index in [0.717, 1.165) is 11.3 Å². The lowest BCUT2D eigenvalue weighted by Gasteiger charge is -2.38. The van der Waals surface area contributed by atoms with Gasteiger partial charge in [0, 0.05) is 17.5 Å². The number of carbonyl (C=O) groups is 1. The standard InChI is InChI=1S/C18H20N2O2/c1-12-10-18(2,3)11-15-19-16(21)14(17(22)20(12)15)9-13-7-5-4-6-8-13/h4-8,10-11,22H,9H2,1-3H3,(H,19,21). The molecule has 22 heavy (non-hydrogen) atoms. The normalized spacial score (nSPS) is 20.1. The Morgan fingerprint density at radius 3 is 2.55 bits per heavy atom. The van der Waals surface area contributed by atoms with E-state index in [9.17, 15) is 9.90 Å². The van der Waals surface area contributed by atoms with Gasteiger partial charge in [-0.05, 0) is 18.6 Å². The second-order valence-electron chi connectivity index (χ2n) is 6.39. The smallest absolute Gasteiger partial charge is 0.258 e. The molecule has 2 aliphatic rings. The van der Waals surface area contributed by atoms with E-state index >= 15 is 0 Å². The van der Waals surface area contributed by atoms with Crippen molar-refractivity contribution in [2.75, 3.05) is 0 Å². The first-order chi connectivity index (χ1) is 10.4. The Morgan fingerprint density at radius 2 is 1.86 bits per heavy atom. The Labute approximate surface area is 130 Å². The summed E-state index contributed by atoms with van der Waals surface area (Å²) in [6, 6.07) is 9.67. The summed E-state index contributed by atoms with van der Waals surface area (Å²) in [7, 11) is 0. The lowest BCUT2D eigenvalue weighted by atomic mass is 9.88. The summed E-state index contributed by atoms with van der Waals surface area (Å²) in [5.41, 5.74) is 2.13. The average molecular weight is 296 g/mol. The second-order valence-corrected chi connectivity index (χ2v) is 6.39. The van der Waals surface area contributed by atoms with E-state index in [1.54, 1.807) is 4.90 Å². The molecule has 0 atom stereocenters. The number of hydrogen-bond acceptors (Lipinski definition) is 3. The summed E-state index contributed by atoms with van der Waals surface area (Å²) in [5, 5.41) is 13.5. The zero-order valence-electron chi connectivity index (χ0n) is 13.1. The highest BCUT2D eigenvalue weighted by Crippen LogP contribution is 2.35. The van der Waals surface area contributed by atoms with Gasteiger partial charge in [0.25, 0.3) is 5.91 Å². The number of hydrogen-bond donors (Lipinski definition) is 2. The summed E-state index contributed by atoms with van der Waals surface area (Å²) >= 11 is 0. The van der Waals surface area contributed by atoms with E-state index in [4.69, 9.17) is 0 Å². The van der Waals surface area contributed by atoms with E-state index in [-0.39, 0.29) is 17.2 Å². The predicted octanol–water partition coefficient (Wildman–Crippen LogP) is 3.22. The molecule has 0 radical (unpaired) electrons. The van der Waals surface area contributed by atoms with Gasteiger partial charge in [-0.25, -0.2) is 0 Å². The summed E-state index contributed by atoms with van der Waals surface area (Å²) < 4.78 is 0. The number of nitrogens with one attached hydrogen (secondary N) is 1. The average Bonchev–Trinajstić information content (AvgIpc) is 2.42. The molecule has 0 aliphatic carbocycles. The zero-order chi connectivity index (χ0) is 15.9. The van der Waals surface area contributed by atoms with Crippen molar-refractivity contribution in [2.24, 2.45) is 5.41 Å². The summed E-state index contributed by atoms with van der Waals surface area (Å²) in [5.74, 6) is 0.404. The van der Waals surface area contributed by atoms with Crippen LogP contribution in [-0.4, -0.2) is 15.9 Å². The maximum absolute atomic E-state index is 12.4. The van der Waals surface area contributed by atoms with Crippen molar-refractivity contribution in [1.29, 1.82) is 0 Å². The molecule has 1 aromatic carbocycles. The molecule has 0 spiro atoms. The summed E-state index contributed by atoms with van der Waals surface area (Å²) in [6.07, 6.45) is 4.43. The molecule has 114 valence electrons. The minimum Gasteiger partial charge on any atom is -0.494 e. The van der Waals surface area contributed by atoms with Crippen LogP contribution in [0.15, 0.2) is 65.5 Å². The van der Waals surface area contributed by atoms with Gasteiger partial charge in [0.1, 0.15) is 5.82 Å². The molecule has 4 nitrogen and oxygen atoms in total. The lowest BCUT2D eigenvalue weighted by Crippen LogP contribution is -2.44. The number of carbonyl (C=O) groups excluding carboxylic acids is 1. The van der Waals surface area contributed by atoms with Gasteiger partial charge in [0.05, 0.1) is 5.57 Å². The molecule has 0 saturated heterocycles. The monoisotopic (exact) mass is 296 g/mol. The van der Waals surface area contributed by atoms with Gasteiger partial charge in [-0.1, -0.05) is 50.3 Å². The molecule has 0 saturated carbocycles. The van der Waals surface area contributed by atoms with Crippen LogP contribution in [0.4, 0.5) is 0 Å². The number of fused-ring (bicyclic) bond motifs is 1. The number of allylic oxidation sites excluding steroid dienone is 3. The topological polar surface area (TPSA) is 52.6 Å². The fraction of sp³-hybridized carbons (Fsp3) is 0.278. The molecule has 2 N–H and O–H groups in total. The third-order valence-electron chi connectivity index (χ3n) is 3.90. The van der Waals surface area contributed by atoms with Gasteiger partial charge in [-0.3, -0.25) is 9.69 Å². The van der Waals surface area contributed by atoms with Crippen LogP contribution in [0.3, 0.4) is 0 Å². The maximum atomic E-state index is 12.4. The van der Waals surface area contributed by atoms with Gasteiger partial charge in [-0.2, -0.15) is 0 Å². The second kappa shape index (κ2) is 5.05. The van der Waals surface area contributed by atoms with E-state index in [2.05, 4.69) is 25.2 Å². The Hall–Kier alpha value is -2.49. The first-order valence-corrected chi connectivity index (χ1v) is 7.37. The van der Waals surface area contributed by atoms with Crippen molar-refractivity contribution in [2.45, 2.75) is 27.2 Å². The number of nitrogens with zero attached hydrogens (tertiary/aromatic N) is 1. The van der Waals surface area contributed by atoms with Crippen LogP contribution in [0.1, 0.15) is 26.3 Å². The minimum absolute atomic E-state index is 0.0168. The van der Waals surface area contributed by atoms with Crippen molar-refractivity contribution in [3.8, 4) is 0 Å². The van der Waals surface area contributed by atoms with Gasteiger partial charge >= 0.3 is 0 Å². The molecule has 4 heteroatoms. The zero-order valence-corrected chi connectivity index (χ0v) is 13.1. The molecule has 0 unspecified atom stereocenters. The van der Waals surface area contributed by atoms with Crippen LogP contribution in [0.5, 0.6) is 0 Å². The van der Waals surface area contributed by atoms with Crippen LogP contribution in [0, 0.1) is 5.41 Å². The number of benzene rings is 1. The Morgan fingerprint density at radius 1 is 1.18 bits per heavy atom. The van der Waals surface area contributed by atoms with E-state index in [1.807, 2.05) is 43.3 Å². The third-order valence-corrected chi connectivity index (χ3v) is 3.90. The molecular formula is C18H20N2O2. The highest BCUT2D eigenvalue weighted by Gasteiger charge is 2.34. The first-order valence-electron chi connectivity index (χ1n) is 7.37. The fourth-order valence-electron chi connectivity index (χ4n) is 3.01. The van der Waals surface area contributed by atoms with E-state index in [1.165, 1.54) is 0 Å². The number of aliphatic hydroxyl groups is 1. The largest absolute Gasteiger partial charge is 0.494 e.